The van der Waals surface area contributed by atoms with Gasteiger partial charge in [-0.05, 0) is 31.5 Å². The molecule has 0 aliphatic carbocycles. The van der Waals surface area contributed by atoms with E-state index >= 15 is 0 Å². The SMILES string of the molecule is CCOC(=O)C1=C(C)NC2=Nc3ccc(OC=O)cc3N=CC2[C@H]1c1cccc([N+](=O)[O-])c1. The van der Waals surface area contributed by atoms with Crippen LogP contribution in [0.25, 0.3) is 0 Å². The molecule has 33 heavy (non-hydrogen) atoms. The van der Waals surface area contributed by atoms with Gasteiger partial charge in [-0.15, -0.1) is 0 Å². The number of carbonyl (C=O) groups excluding carboxylic acids is 2. The average molecular weight is 448 g/mol. The number of hydrogen-bond acceptors (Lipinski definition) is 9. The van der Waals surface area contributed by atoms with Crippen molar-refractivity contribution in [2.45, 2.75) is 19.8 Å². The summed E-state index contributed by atoms with van der Waals surface area (Å²) in [5, 5.41) is 14.6. The first-order valence-corrected chi connectivity index (χ1v) is 10.2. The second-order valence-corrected chi connectivity index (χ2v) is 7.38. The minimum atomic E-state index is -0.618. The molecular formula is C23H20N4O6. The summed E-state index contributed by atoms with van der Waals surface area (Å²) in [6, 6.07) is 11.0. The van der Waals surface area contributed by atoms with E-state index in [2.05, 4.69) is 10.3 Å². The highest BCUT2D eigenvalue weighted by Gasteiger charge is 2.40. The third-order valence-corrected chi connectivity index (χ3v) is 5.39. The maximum absolute atomic E-state index is 12.9. The largest absolute Gasteiger partial charge is 0.463 e. The quantitative estimate of drug-likeness (QED) is 0.308. The number of amidine groups is 1. The van der Waals surface area contributed by atoms with E-state index < -0.39 is 22.7 Å². The van der Waals surface area contributed by atoms with Gasteiger partial charge in [0.25, 0.3) is 12.2 Å². The van der Waals surface area contributed by atoms with Gasteiger partial charge in [-0.2, -0.15) is 0 Å². The topological polar surface area (TPSA) is 132 Å². The van der Waals surface area contributed by atoms with Crippen molar-refractivity contribution < 1.29 is 24.0 Å². The van der Waals surface area contributed by atoms with Gasteiger partial charge in [0.15, 0.2) is 0 Å². The highest BCUT2D eigenvalue weighted by Crippen LogP contribution is 2.42. The van der Waals surface area contributed by atoms with Crippen molar-refractivity contribution in [1.29, 1.82) is 0 Å². The fourth-order valence-electron chi connectivity index (χ4n) is 3.99. The number of nitro groups is 1. The van der Waals surface area contributed by atoms with Crippen molar-refractivity contribution in [3.63, 3.8) is 0 Å². The molecule has 0 aromatic heterocycles. The standard InChI is InChI=1S/C23H20N4O6/c1-3-32-23(29)20-13(2)25-22-17(21(20)14-5-4-6-15(9-14)27(30)31)11-24-19-10-16(33-12-28)7-8-18(19)26-22/h4-12,17,21H,3H2,1-2H3,(H,25,26)/t17?,21-/m1/s1. The third-order valence-electron chi connectivity index (χ3n) is 5.39. The van der Waals surface area contributed by atoms with Crippen LogP contribution < -0.4 is 10.1 Å². The molecule has 0 radical (unpaired) electrons. The molecule has 2 aromatic carbocycles. The number of nitrogens with zero attached hydrogens (tertiary/aromatic N) is 3. The van der Waals surface area contributed by atoms with Crippen molar-refractivity contribution in [2.75, 3.05) is 6.61 Å². The number of nitrogens with one attached hydrogen (secondary N) is 1. The van der Waals surface area contributed by atoms with E-state index in [1.54, 1.807) is 50.4 Å². The van der Waals surface area contributed by atoms with E-state index in [1.165, 1.54) is 12.1 Å². The monoisotopic (exact) mass is 448 g/mol. The van der Waals surface area contributed by atoms with Crippen molar-refractivity contribution in [3.8, 4) is 5.75 Å². The van der Waals surface area contributed by atoms with Gasteiger partial charge in [0.1, 0.15) is 11.6 Å². The van der Waals surface area contributed by atoms with Gasteiger partial charge < -0.3 is 14.8 Å². The van der Waals surface area contributed by atoms with Crippen molar-refractivity contribution >= 4 is 41.6 Å². The molecule has 2 atom stereocenters. The second-order valence-electron chi connectivity index (χ2n) is 7.38. The summed E-state index contributed by atoms with van der Waals surface area (Å²) in [5.74, 6) is -0.820. The van der Waals surface area contributed by atoms with Crippen molar-refractivity contribution in [3.05, 3.63) is 69.4 Å². The first-order chi connectivity index (χ1) is 15.9. The van der Waals surface area contributed by atoms with E-state index in [4.69, 9.17) is 14.5 Å². The fourth-order valence-corrected chi connectivity index (χ4v) is 3.99. The maximum Gasteiger partial charge on any atom is 0.336 e. The predicted octanol–water partition coefficient (Wildman–Crippen LogP) is 3.72. The summed E-state index contributed by atoms with van der Waals surface area (Å²) in [6.45, 7) is 3.95. The Morgan fingerprint density at radius 2 is 2.06 bits per heavy atom. The van der Waals surface area contributed by atoms with E-state index in [0.717, 1.165) is 0 Å². The van der Waals surface area contributed by atoms with Crippen LogP contribution in [-0.2, 0) is 14.3 Å². The van der Waals surface area contributed by atoms with E-state index in [-0.39, 0.29) is 12.3 Å². The van der Waals surface area contributed by atoms with E-state index in [9.17, 15) is 19.7 Å². The Balaban J connectivity index is 1.87. The Kier molecular flexibility index (Phi) is 5.99. The highest BCUT2D eigenvalue weighted by molar-refractivity contribution is 6.08. The molecule has 1 unspecified atom stereocenters. The lowest BCUT2D eigenvalue weighted by Gasteiger charge is -2.33. The lowest BCUT2D eigenvalue weighted by Crippen LogP contribution is -2.42. The number of aliphatic imine (C=N–C) groups is 2. The molecule has 10 heteroatoms. The number of ether oxygens (including phenoxy) is 2. The first kappa shape index (κ1) is 21.9. The van der Waals surface area contributed by atoms with Crippen LogP contribution in [0.15, 0.2) is 63.7 Å². The fraction of sp³-hybridized carbons (Fsp3) is 0.217. The Hall–Kier alpha value is -4.34. The van der Waals surface area contributed by atoms with Gasteiger partial charge in [-0.1, -0.05) is 12.1 Å². The average Bonchev–Trinajstić information content (AvgIpc) is 2.97. The number of benzene rings is 2. The summed E-state index contributed by atoms with van der Waals surface area (Å²) in [6.07, 6.45) is 1.64. The molecule has 4 rings (SSSR count). The predicted molar refractivity (Wildman–Crippen MR) is 120 cm³/mol. The molecule has 0 fully saturated rings. The zero-order valence-corrected chi connectivity index (χ0v) is 17.8. The zero-order chi connectivity index (χ0) is 23.5. The molecule has 168 valence electrons. The summed E-state index contributed by atoms with van der Waals surface area (Å²) in [7, 11) is 0. The molecular weight excluding hydrogens is 428 g/mol. The molecule has 0 spiro atoms. The van der Waals surface area contributed by atoms with E-state index in [1.807, 2.05) is 0 Å². The van der Waals surface area contributed by atoms with Gasteiger partial charge in [-0.3, -0.25) is 19.9 Å². The van der Waals surface area contributed by atoms with Crippen LogP contribution in [0.1, 0.15) is 25.3 Å². The van der Waals surface area contributed by atoms with Gasteiger partial charge in [0, 0.05) is 36.0 Å². The number of esters is 1. The molecule has 1 N–H and O–H groups in total. The normalized spacial score (nSPS) is 18.8. The van der Waals surface area contributed by atoms with Crippen LogP contribution in [0.2, 0.25) is 0 Å². The van der Waals surface area contributed by atoms with Crippen molar-refractivity contribution in [2.24, 2.45) is 15.9 Å². The minimum absolute atomic E-state index is 0.0881. The smallest absolute Gasteiger partial charge is 0.336 e. The number of allylic oxidation sites excluding steroid dienone is 1. The molecule has 10 nitrogen and oxygen atoms in total. The number of carbonyl (C=O) groups is 2. The lowest BCUT2D eigenvalue weighted by molar-refractivity contribution is -0.384. The summed E-state index contributed by atoms with van der Waals surface area (Å²) >= 11 is 0. The van der Waals surface area contributed by atoms with Crippen LogP contribution in [-0.4, -0.2) is 36.0 Å². The molecule has 0 saturated carbocycles. The van der Waals surface area contributed by atoms with Crippen LogP contribution in [0.5, 0.6) is 5.75 Å². The molecule has 2 aliphatic heterocycles. The second kappa shape index (κ2) is 9.03. The Morgan fingerprint density at radius 3 is 2.79 bits per heavy atom. The Morgan fingerprint density at radius 1 is 1.24 bits per heavy atom. The Labute approximate surface area is 188 Å². The molecule has 2 aliphatic rings. The highest BCUT2D eigenvalue weighted by atomic mass is 16.6. The number of nitro benzene ring substituents is 1. The minimum Gasteiger partial charge on any atom is -0.463 e. The zero-order valence-electron chi connectivity index (χ0n) is 17.8. The van der Waals surface area contributed by atoms with Crippen LogP contribution in [0.4, 0.5) is 17.1 Å². The molecule has 2 heterocycles. The summed E-state index contributed by atoms with van der Waals surface area (Å²) in [5.41, 5.74) is 2.38. The van der Waals surface area contributed by atoms with Crippen LogP contribution in [0.3, 0.4) is 0 Å². The maximum atomic E-state index is 12.9. The van der Waals surface area contributed by atoms with Gasteiger partial charge >= 0.3 is 5.97 Å². The van der Waals surface area contributed by atoms with Crippen LogP contribution in [0, 0.1) is 16.0 Å². The lowest BCUT2D eigenvalue weighted by atomic mass is 9.77. The van der Waals surface area contributed by atoms with Crippen molar-refractivity contribution in [1.82, 2.24) is 5.32 Å². The number of fused-ring (bicyclic) bond motifs is 2. The van der Waals surface area contributed by atoms with Gasteiger partial charge in [-0.25, -0.2) is 9.79 Å². The third kappa shape index (κ3) is 4.22. The van der Waals surface area contributed by atoms with Gasteiger partial charge in [0.05, 0.1) is 34.4 Å². The molecule has 2 aromatic rings. The van der Waals surface area contributed by atoms with E-state index in [0.29, 0.717) is 46.3 Å². The molecule has 0 amide bonds. The molecule has 0 saturated heterocycles. The number of rotatable bonds is 6. The number of non-ortho nitro benzene ring substituents is 1. The summed E-state index contributed by atoms with van der Waals surface area (Å²) < 4.78 is 10.2. The van der Waals surface area contributed by atoms with Gasteiger partial charge in [0.2, 0.25) is 0 Å². The molecule has 0 bridgehead atoms. The van der Waals surface area contributed by atoms with Crippen LogP contribution >= 0.6 is 0 Å². The Bertz CT molecular complexity index is 1230. The first-order valence-electron chi connectivity index (χ1n) is 10.2. The summed E-state index contributed by atoms with van der Waals surface area (Å²) in [4.78, 5) is 43.7. The number of hydrogen-bond donors (Lipinski definition) is 1.